The van der Waals surface area contributed by atoms with E-state index < -0.39 is 12.1 Å². The van der Waals surface area contributed by atoms with Crippen molar-refractivity contribution < 1.29 is 32.6 Å². The minimum atomic E-state index is -5.08. The summed E-state index contributed by atoms with van der Waals surface area (Å²) in [4.78, 5) is 28.0. The number of aromatic nitrogens is 3. The number of carboxylic acids is 1. The van der Waals surface area contributed by atoms with Crippen molar-refractivity contribution in [1.82, 2.24) is 25.4 Å². The second-order valence-electron chi connectivity index (χ2n) is 7.52. The summed E-state index contributed by atoms with van der Waals surface area (Å²) in [5.41, 5.74) is 1.62. The molecule has 2 aromatic rings. The van der Waals surface area contributed by atoms with Crippen LogP contribution in [0.3, 0.4) is 0 Å². The summed E-state index contributed by atoms with van der Waals surface area (Å²) < 4.78 is 37.7. The van der Waals surface area contributed by atoms with E-state index in [-0.39, 0.29) is 12.0 Å². The summed E-state index contributed by atoms with van der Waals surface area (Å²) in [6.45, 7) is 6.21. The third-order valence-corrected chi connectivity index (χ3v) is 6.11. The first kappa shape index (κ1) is 24.0. The van der Waals surface area contributed by atoms with Gasteiger partial charge >= 0.3 is 12.1 Å². The molecule has 3 atom stereocenters. The SMILES string of the molecule is Cc1csc(CN2C[C@@H]3[C@H](CNC(=O)c4ccnnc4)CO[C@@H]3C2)n1.O=C(O)C(F)(F)F. The molecule has 0 radical (unpaired) electrons. The number of rotatable bonds is 5. The highest BCUT2D eigenvalue weighted by Crippen LogP contribution is 2.34. The molecule has 2 aliphatic heterocycles. The average molecular weight is 473 g/mol. The lowest BCUT2D eigenvalue weighted by Crippen LogP contribution is -2.34. The van der Waals surface area contributed by atoms with Crippen molar-refractivity contribution in [2.45, 2.75) is 25.7 Å². The lowest BCUT2D eigenvalue weighted by molar-refractivity contribution is -0.192. The topological polar surface area (TPSA) is 118 Å². The van der Waals surface area contributed by atoms with Crippen molar-refractivity contribution in [3.05, 3.63) is 40.1 Å². The van der Waals surface area contributed by atoms with Gasteiger partial charge in [0.2, 0.25) is 0 Å². The molecule has 13 heteroatoms. The van der Waals surface area contributed by atoms with Crippen LogP contribution in [0.15, 0.2) is 23.8 Å². The zero-order valence-electron chi connectivity index (χ0n) is 17.1. The Labute approximate surface area is 185 Å². The summed E-state index contributed by atoms with van der Waals surface area (Å²) in [5, 5.41) is 20.8. The van der Waals surface area contributed by atoms with Gasteiger partial charge in [-0.2, -0.15) is 23.4 Å². The van der Waals surface area contributed by atoms with E-state index in [2.05, 4.69) is 30.8 Å². The Bertz CT molecular complexity index is 927. The van der Waals surface area contributed by atoms with Crippen molar-refractivity contribution >= 4 is 23.2 Å². The van der Waals surface area contributed by atoms with E-state index in [1.165, 1.54) is 12.4 Å². The summed E-state index contributed by atoms with van der Waals surface area (Å²) in [5.74, 6) is -2.04. The van der Waals surface area contributed by atoms with Gasteiger partial charge in [0.1, 0.15) is 5.01 Å². The number of aliphatic carboxylic acids is 1. The minimum Gasteiger partial charge on any atom is -0.475 e. The molecule has 2 aliphatic rings. The van der Waals surface area contributed by atoms with E-state index in [1.807, 2.05) is 6.92 Å². The van der Waals surface area contributed by atoms with Gasteiger partial charge in [0, 0.05) is 42.5 Å². The fourth-order valence-corrected chi connectivity index (χ4v) is 4.45. The molecule has 2 N–H and O–H groups in total. The van der Waals surface area contributed by atoms with Crippen molar-refractivity contribution in [2.75, 3.05) is 26.2 Å². The number of halogens is 3. The molecule has 1 amide bonds. The number of carbonyl (C=O) groups is 2. The number of amides is 1. The van der Waals surface area contributed by atoms with Gasteiger partial charge in [0.25, 0.3) is 5.91 Å². The largest absolute Gasteiger partial charge is 0.490 e. The third kappa shape index (κ3) is 6.43. The van der Waals surface area contributed by atoms with E-state index in [0.29, 0.717) is 30.6 Å². The number of thiazole rings is 1. The van der Waals surface area contributed by atoms with Gasteiger partial charge < -0.3 is 15.2 Å². The zero-order chi connectivity index (χ0) is 23.3. The summed E-state index contributed by atoms with van der Waals surface area (Å²) in [6, 6.07) is 1.67. The number of hydrogen-bond donors (Lipinski definition) is 2. The molecule has 0 bridgehead atoms. The van der Waals surface area contributed by atoms with Crippen LogP contribution in [0.1, 0.15) is 21.1 Å². The molecule has 2 fully saturated rings. The van der Waals surface area contributed by atoms with Gasteiger partial charge in [-0.1, -0.05) is 0 Å². The summed E-state index contributed by atoms with van der Waals surface area (Å²) in [6.07, 6.45) is -1.80. The molecule has 0 unspecified atom stereocenters. The number of aryl methyl sites for hydroxylation is 1. The second kappa shape index (κ2) is 10.3. The van der Waals surface area contributed by atoms with Crippen LogP contribution in [0, 0.1) is 18.8 Å². The van der Waals surface area contributed by atoms with E-state index in [1.54, 1.807) is 17.4 Å². The molecule has 4 rings (SSSR count). The number of carboxylic acid groups (broad SMARTS) is 1. The van der Waals surface area contributed by atoms with Crippen LogP contribution in [-0.4, -0.2) is 75.6 Å². The lowest BCUT2D eigenvalue weighted by Gasteiger charge is -2.19. The monoisotopic (exact) mass is 473 g/mol. The minimum absolute atomic E-state index is 0.105. The fourth-order valence-electron chi connectivity index (χ4n) is 3.64. The Morgan fingerprint density at radius 3 is 2.69 bits per heavy atom. The number of nitrogens with one attached hydrogen (secondary N) is 1. The molecule has 9 nitrogen and oxygen atoms in total. The highest BCUT2D eigenvalue weighted by atomic mass is 32.1. The van der Waals surface area contributed by atoms with Crippen LogP contribution in [0.4, 0.5) is 13.2 Å². The van der Waals surface area contributed by atoms with Gasteiger partial charge in [-0.25, -0.2) is 9.78 Å². The van der Waals surface area contributed by atoms with Crippen molar-refractivity contribution in [1.29, 1.82) is 0 Å². The van der Waals surface area contributed by atoms with Crippen LogP contribution in [-0.2, 0) is 16.1 Å². The van der Waals surface area contributed by atoms with Crippen LogP contribution < -0.4 is 5.32 Å². The number of nitrogens with zero attached hydrogens (tertiary/aromatic N) is 4. The summed E-state index contributed by atoms with van der Waals surface area (Å²) in [7, 11) is 0. The molecular formula is C19H22F3N5O4S. The fraction of sp³-hybridized carbons (Fsp3) is 0.526. The Balaban J connectivity index is 0.000000360. The smallest absolute Gasteiger partial charge is 0.475 e. The van der Waals surface area contributed by atoms with Gasteiger partial charge in [0.15, 0.2) is 0 Å². The second-order valence-corrected chi connectivity index (χ2v) is 8.46. The highest BCUT2D eigenvalue weighted by molar-refractivity contribution is 7.09. The van der Waals surface area contributed by atoms with Crippen LogP contribution in [0.25, 0.3) is 0 Å². The number of fused-ring (bicyclic) bond motifs is 1. The molecule has 2 aromatic heterocycles. The maximum Gasteiger partial charge on any atom is 0.490 e. The average Bonchev–Trinajstić information content (AvgIpc) is 3.43. The number of alkyl halides is 3. The Hall–Kier alpha value is -2.64. The van der Waals surface area contributed by atoms with Crippen molar-refractivity contribution in [3.63, 3.8) is 0 Å². The molecule has 174 valence electrons. The molecule has 32 heavy (non-hydrogen) atoms. The van der Waals surface area contributed by atoms with Crippen molar-refractivity contribution in [2.24, 2.45) is 11.8 Å². The normalized spacial score (nSPS) is 22.7. The molecule has 0 spiro atoms. The molecule has 0 aromatic carbocycles. The molecule has 0 aliphatic carbocycles. The predicted molar refractivity (Wildman–Crippen MR) is 107 cm³/mol. The number of ether oxygens (including phenoxy) is 1. The first-order valence-electron chi connectivity index (χ1n) is 9.73. The van der Waals surface area contributed by atoms with Crippen LogP contribution in [0.2, 0.25) is 0 Å². The molecule has 0 saturated carbocycles. The van der Waals surface area contributed by atoms with Gasteiger partial charge in [0.05, 0.1) is 37.2 Å². The molecular weight excluding hydrogens is 451 g/mol. The van der Waals surface area contributed by atoms with E-state index >= 15 is 0 Å². The number of likely N-dealkylation sites (tertiary alicyclic amines) is 1. The van der Waals surface area contributed by atoms with Gasteiger partial charge in [-0.3, -0.25) is 9.69 Å². The van der Waals surface area contributed by atoms with E-state index in [9.17, 15) is 18.0 Å². The first-order chi connectivity index (χ1) is 15.1. The zero-order valence-corrected chi connectivity index (χ0v) is 17.9. The van der Waals surface area contributed by atoms with E-state index in [0.717, 1.165) is 30.3 Å². The van der Waals surface area contributed by atoms with Gasteiger partial charge in [-0.15, -0.1) is 11.3 Å². The maximum absolute atomic E-state index is 12.2. The van der Waals surface area contributed by atoms with Gasteiger partial charge in [-0.05, 0) is 13.0 Å². The molecule has 2 saturated heterocycles. The van der Waals surface area contributed by atoms with Crippen molar-refractivity contribution in [3.8, 4) is 0 Å². The number of hydrogen-bond acceptors (Lipinski definition) is 8. The number of carbonyl (C=O) groups excluding carboxylic acids is 1. The highest BCUT2D eigenvalue weighted by Gasteiger charge is 2.43. The standard InChI is InChI=1S/C17H21N5O2S.C2HF3O2/c1-11-10-25-16(21-11)8-22-6-14-13(9-24-15(14)7-22)4-18-17(23)12-2-3-19-20-5-12;3-2(4,5)1(6)7/h2-3,5,10,13-15H,4,6-9H2,1H3,(H,18,23);(H,6,7)/t13-,14-,15-;/m1./s1. The molecule has 4 heterocycles. The predicted octanol–water partition coefficient (Wildman–Crippen LogP) is 1.75. The Morgan fingerprint density at radius 2 is 2.09 bits per heavy atom. The quantitative estimate of drug-likeness (QED) is 0.675. The third-order valence-electron chi connectivity index (χ3n) is 5.15. The Kier molecular flexibility index (Phi) is 7.74. The first-order valence-corrected chi connectivity index (χ1v) is 10.6. The lowest BCUT2D eigenvalue weighted by atomic mass is 9.93. The van der Waals surface area contributed by atoms with Crippen LogP contribution in [0.5, 0.6) is 0 Å². The Morgan fingerprint density at radius 1 is 1.34 bits per heavy atom. The van der Waals surface area contributed by atoms with E-state index in [4.69, 9.17) is 14.6 Å². The summed E-state index contributed by atoms with van der Waals surface area (Å²) >= 11 is 1.72. The maximum atomic E-state index is 12.2. The van der Waals surface area contributed by atoms with Crippen LogP contribution >= 0.6 is 11.3 Å².